The fourth-order valence-corrected chi connectivity index (χ4v) is 2.39. The molecule has 0 heterocycles. The van der Waals surface area contributed by atoms with Gasteiger partial charge in [-0.2, -0.15) is 0 Å². The molecule has 106 valence electrons. The molecule has 0 unspecified atom stereocenters. The molecule has 0 aromatic heterocycles. The van der Waals surface area contributed by atoms with E-state index in [1.807, 2.05) is 30.3 Å². The lowest BCUT2D eigenvalue weighted by atomic mass is 9.92. The molecule has 0 aliphatic rings. The first kappa shape index (κ1) is 14.3. The van der Waals surface area contributed by atoms with Crippen molar-refractivity contribution in [2.75, 3.05) is 21.3 Å². The van der Waals surface area contributed by atoms with Crippen molar-refractivity contribution in [3.8, 4) is 17.2 Å². The van der Waals surface area contributed by atoms with Crippen LogP contribution in [0.5, 0.6) is 17.2 Å². The highest BCUT2D eigenvalue weighted by Crippen LogP contribution is 2.43. The van der Waals surface area contributed by atoms with Crippen LogP contribution in [-0.2, 0) is 0 Å². The van der Waals surface area contributed by atoms with E-state index in [1.165, 1.54) is 5.56 Å². The molecule has 0 saturated carbocycles. The SMILES string of the molecule is COc1ccc([C@H](C)c2ccccc2)c(OC)c1OC. The first-order chi connectivity index (χ1) is 9.72. The summed E-state index contributed by atoms with van der Waals surface area (Å²) < 4.78 is 16.3. The van der Waals surface area contributed by atoms with Crippen molar-refractivity contribution in [3.63, 3.8) is 0 Å². The molecule has 0 bridgehead atoms. The number of methoxy groups -OCH3 is 3. The molecule has 0 aliphatic heterocycles. The maximum atomic E-state index is 5.55. The van der Waals surface area contributed by atoms with Crippen molar-refractivity contribution >= 4 is 0 Å². The molecule has 0 N–H and O–H groups in total. The van der Waals surface area contributed by atoms with E-state index < -0.39 is 0 Å². The summed E-state index contributed by atoms with van der Waals surface area (Å²) in [5.41, 5.74) is 2.31. The van der Waals surface area contributed by atoms with E-state index in [0.29, 0.717) is 11.5 Å². The lowest BCUT2D eigenvalue weighted by molar-refractivity contribution is 0.321. The largest absolute Gasteiger partial charge is 0.493 e. The molecule has 0 fully saturated rings. The quantitative estimate of drug-likeness (QED) is 0.827. The number of hydrogen-bond donors (Lipinski definition) is 0. The number of ether oxygens (including phenoxy) is 3. The van der Waals surface area contributed by atoms with Gasteiger partial charge in [-0.25, -0.2) is 0 Å². The van der Waals surface area contributed by atoms with Crippen LogP contribution >= 0.6 is 0 Å². The molecule has 2 aromatic rings. The standard InChI is InChI=1S/C17H20O3/c1-12(13-8-6-5-7-9-13)14-10-11-15(18-2)17(20-4)16(14)19-3/h5-12H,1-4H3/t12-/m1/s1. The topological polar surface area (TPSA) is 27.7 Å². The van der Waals surface area contributed by atoms with E-state index in [0.717, 1.165) is 11.3 Å². The highest BCUT2D eigenvalue weighted by atomic mass is 16.5. The van der Waals surface area contributed by atoms with Gasteiger partial charge in [-0.1, -0.05) is 43.3 Å². The van der Waals surface area contributed by atoms with E-state index in [2.05, 4.69) is 19.1 Å². The summed E-state index contributed by atoms with van der Waals surface area (Å²) in [4.78, 5) is 0. The zero-order valence-corrected chi connectivity index (χ0v) is 12.3. The molecule has 3 nitrogen and oxygen atoms in total. The Labute approximate surface area is 120 Å². The third-order valence-electron chi connectivity index (χ3n) is 3.50. The lowest BCUT2D eigenvalue weighted by Crippen LogP contribution is -2.02. The molecule has 0 spiro atoms. The second-order valence-corrected chi connectivity index (χ2v) is 4.56. The summed E-state index contributed by atoms with van der Waals surface area (Å²) in [6.07, 6.45) is 0. The van der Waals surface area contributed by atoms with Gasteiger partial charge in [0.2, 0.25) is 5.75 Å². The van der Waals surface area contributed by atoms with Gasteiger partial charge >= 0.3 is 0 Å². The van der Waals surface area contributed by atoms with E-state index >= 15 is 0 Å². The maximum absolute atomic E-state index is 5.55. The molecular weight excluding hydrogens is 252 g/mol. The minimum atomic E-state index is 0.214. The van der Waals surface area contributed by atoms with Crippen LogP contribution in [0.15, 0.2) is 42.5 Å². The third kappa shape index (κ3) is 2.57. The predicted octanol–water partition coefficient (Wildman–Crippen LogP) is 3.86. The summed E-state index contributed by atoms with van der Waals surface area (Å²) in [5.74, 6) is 2.25. The van der Waals surface area contributed by atoms with Gasteiger partial charge in [0.05, 0.1) is 21.3 Å². The average molecular weight is 272 g/mol. The van der Waals surface area contributed by atoms with Gasteiger partial charge in [0, 0.05) is 11.5 Å². The van der Waals surface area contributed by atoms with Crippen LogP contribution in [0.3, 0.4) is 0 Å². The van der Waals surface area contributed by atoms with Crippen LogP contribution in [0.1, 0.15) is 24.0 Å². The van der Waals surface area contributed by atoms with Gasteiger partial charge < -0.3 is 14.2 Å². The minimum absolute atomic E-state index is 0.214. The van der Waals surface area contributed by atoms with E-state index in [4.69, 9.17) is 14.2 Å². The summed E-state index contributed by atoms with van der Waals surface area (Å²) in [7, 11) is 4.90. The Morgan fingerprint density at radius 1 is 0.750 bits per heavy atom. The van der Waals surface area contributed by atoms with Crippen LogP contribution in [-0.4, -0.2) is 21.3 Å². The molecule has 3 heteroatoms. The van der Waals surface area contributed by atoms with Crippen molar-refractivity contribution < 1.29 is 14.2 Å². The van der Waals surface area contributed by atoms with Crippen LogP contribution in [0.4, 0.5) is 0 Å². The number of rotatable bonds is 5. The van der Waals surface area contributed by atoms with Gasteiger partial charge in [-0.3, -0.25) is 0 Å². The van der Waals surface area contributed by atoms with Crippen molar-refractivity contribution in [1.29, 1.82) is 0 Å². The Balaban J connectivity index is 2.51. The lowest BCUT2D eigenvalue weighted by Gasteiger charge is -2.20. The third-order valence-corrected chi connectivity index (χ3v) is 3.50. The summed E-state index contributed by atoms with van der Waals surface area (Å²) >= 11 is 0. The Morgan fingerprint density at radius 2 is 1.40 bits per heavy atom. The van der Waals surface area contributed by atoms with Gasteiger partial charge in [0.25, 0.3) is 0 Å². The van der Waals surface area contributed by atoms with Gasteiger partial charge in [-0.05, 0) is 11.6 Å². The van der Waals surface area contributed by atoms with Crippen molar-refractivity contribution in [2.24, 2.45) is 0 Å². The summed E-state index contributed by atoms with van der Waals surface area (Å²) in [6, 6.07) is 14.3. The first-order valence-electron chi connectivity index (χ1n) is 6.56. The maximum Gasteiger partial charge on any atom is 0.203 e. The second-order valence-electron chi connectivity index (χ2n) is 4.56. The predicted molar refractivity (Wildman–Crippen MR) is 80.1 cm³/mol. The monoisotopic (exact) mass is 272 g/mol. The molecular formula is C17H20O3. The smallest absolute Gasteiger partial charge is 0.203 e. The van der Waals surface area contributed by atoms with E-state index in [1.54, 1.807) is 21.3 Å². The highest BCUT2D eigenvalue weighted by Gasteiger charge is 2.20. The Hall–Kier alpha value is -2.16. The average Bonchev–Trinajstić information content (AvgIpc) is 2.53. The van der Waals surface area contributed by atoms with E-state index in [9.17, 15) is 0 Å². The Kier molecular flexibility index (Phi) is 4.51. The molecule has 0 aliphatic carbocycles. The molecule has 20 heavy (non-hydrogen) atoms. The van der Waals surface area contributed by atoms with Crippen LogP contribution in [0.25, 0.3) is 0 Å². The highest BCUT2D eigenvalue weighted by molar-refractivity contribution is 5.58. The number of hydrogen-bond acceptors (Lipinski definition) is 3. The summed E-state index contributed by atoms with van der Waals surface area (Å²) in [5, 5.41) is 0. The van der Waals surface area contributed by atoms with Crippen molar-refractivity contribution in [3.05, 3.63) is 53.6 Å². The molecule has 2 aromatic carbocycles. The van der Waals surface area contributed by atoms with Crippen molar-refractivity contribution in [1.82, 2.24) is 0 Å². The molecule has 2 rings (SSSR count). The van der Waals surface area contributed by atoms with Crippen LogP contribution in [0.2, 0.25) is 0 Å². The zero-order chi connectivity index (χ0) is 14.5. The summed E-state index contributed by atoms with van der Waals surface area (Å²) in [6.45, 7) is 2.15. The molecule has 0 saturated heterocycles. The minimum Gasteiger partial charge on any atom is -0.493 e. The second kappa shape index (κ2) is 6.33. The first-order valence-corrected chi connectivity index (χ1v) is 6.56. The zero-order valence-electron chi connectivity index (χ0n) is 12.3. The van der Waals surface area contributed by atoms with Gasteiger partial charge in [0.1, 0.15) is 0 Å². The van der Waals surface area contributed by atoms with Gasteiger partial charge in [0.15, 0.2) is 11.5 Å². The molecule has 0 amide bonds. The molecule has 1 atom stereocenters. The van der Waals surface area contributed by atoms with Gasteiger partial charge in [-0.15, -0.1) is 0 Å². The fraction of sp³-hybridized carbons (Fsp3) is 0.294. The van der Waals surface area contributed by atoms with E-state index in [-0.39, 0.29) is 5.92 Å². The normalized spacial score (nSPS) is 11.8. The molecule has 0 radical (unpaired) electrons. The van der Waals surface area contributed by atoms with Crippen LogP contribution in [0, 0.1) is 0 Å². The van der Waals surface area contributed by atoms with Crippen LogP contribution < -0.4 is 14.2 Å². The Morgan fingerprint density at radius 3 is 1.95 bits per heavy atom. The fourth-order valence-electron chi connectivity index (χ4n) is 2.39. The number of benzene rings is 2. The Bertz CT molecular complexity index is 564. The van der Waals surface area contributed by atoms with Crippen molar-refractivity contribution in [2.45, 2.75) is 12.8 Å².